The molecule has 12 aromatic rings. The first-order valence-electron chi connectivity index (χ1n) is 27.4. The van der Waals surface area contributed by atoms with E-state index in [0.717, 1.165) is 155 Å². The summed E-state index contributed by atoms with van der Waals surface area (Å²) in [4.78, 5) is 0. The Bertz CT molecular complexity index is 4080. The van der Waals surface area contributed by atoms with Crippen molar-refractivity contribution in [2.45, 2.75) is 89.3 Å². The van der Waals surface area contributed by atoms with Gasteiger partial charge in [-0.25, -0.2) is 0 Å². The zero-order valence-corrected chi connectivity index (χ0v) is 47.5. The fourth-order valence-corrected chi connectivity index (χ4v) is 13.9. The lowest BCUT2D eigenvalue weighted by atomic mass is 9.92. The molecule has 0 aliphatic carbocycles. The maximum absolute atomic E-state index is 16.5. The molecule has 0 radical (unpaired) electrons. The summed E-state index contributed by atoms with van der Waals surface area (Å²) < 4.78 is 53.7. The van der Waals surface area contributed by atoms with Crippen LogP contribution in [0.5, 0.6) is 0 Å². The zero-order valence-electron chi connectivity index (χ0n) is 47.5. The van der Waals surface area contributed by atoms with E-state index in [9.17, 15) is 5.26 Å². The molecule has 0 unspecified atom stereocenters. The van der Waals surface area contributed by atoms with Crippen molar-refractivity contribution in [3.05, 3.63) is 236 Å². The molecule has 0 N–H and O–H groups in total. The number of benzene rings is 10. The van der Waals surface area contributed by atoms with Crippen LogP contribution in [0, 0.1) is 94.4 Å². The van der Waals surface area contributed by atoms with Gasteiger partial charge in [-0.1, -0.05) is 131 Å². The van der Waals surface area contributed by atoms with E-state index < -0.39 is 11.7 Å². The number of nitriles is 1. The summed E-state index contributed by atoms with van der Waals surface area (Å²) in [7, 11) is 0. The molecule has 10 aromatic carbocycles. The average molecular weight is 1050 g/mol. The molecule has 0 saturated heterocycles. The van der Waals surface area contributed by atoms with Gasteiger partial charge in [-0.2, -0.15) is 18.4 Å². The minimum absolute atomic E-state index is 0.340. The number of hydrogen-bond donors (Lipinski definition) is 0. The minimum Gasteiger partial charge on any atom is -0.308 e. The van der Waals surface area contributed by atoms with Gasteiger partial charge in [-0.3, -0.25) is 0 Å². The molecule has 80 heavy (non-hydrogen) atoms. The van der Waals surface area contributed by atoms with Crippen molar-refractivity contribution >= 4 is 43.6 Å². The fraction of sp³-hybridized carbons (Fsp3) is 0.176. The average Bonchev–Trinajstić information content (AvgIpc) is 3.98. The highest BCUT2D eigenvalue weighted by atomic mass is 19.4. The van der Waals surface area contributed by atoms with Crippen molar-refractivity contribution in [2.24, 2.45) is 0 Å². The Morgan fingerprint density at radius 2 is 0.600 bits per heavy atom. The summed E-state index contributed by atoms with van der Waals surface area (Å²) in [5.41, 5.74) is 26.2. The zero-order chi connectivity index (χ0) is 56.4. The van der Waals surface area contributed by atoms with Crippen molar-refractivity contribution < 1.29 is 13.2 Å². The summed E-state index contributed by atoms with van der Waals surface area (Å²) in [6.45, 7) is 25.4. The van der Waals surface area contributed by atoms with Gasteiger partial charge in [-0.15, -0.1) is 0 Å². The van der Waals surface area contributed by atoms with Crippen LogP contribution in [-0.2, 0) is 6.18 Å². The molecular weight excluding hydrogens is 988 g/mol. The largest absolute Gasteiger partial charge is 0.416 e. The summed E-state index contributed by atoms with van der Waals surface area (Å²) in [5, 5.41) is 14.3. The number of alkyl halides is 3. The second-order valence-electron chi connectivity index (χ2n) is 22.8. The van der Waals surface area contributed by atoms with E-state index in [1.807, 2.05) is 18.2 Å². The monoisotopic (exact) mass is 1050 g/mol. The van der Waals surface area contributed by atoms with Crippen LogP contribution in [0.4, 0.5) is 13.2 Å². The van der Waals surface area contributed by atoms with Gasteiger partial charge in [0, 0.05) is 27.1 Å². The maximum atomic E-state index is 16.5. The lowest BCUT2D eigenvalue weighted by Gasteiger charge is -2.23. The van der Waals surface area contributed by atoms with E-state index in [0.29, 0.717) is 28.1 Å². The van der Waals surface area contributed by atoms with Gasteiger partial charge in [0.05, 0.1) is 50.6 Å². The van der Waals surface area contributed by atoms with Crippen LogP contribution in [0.15, 0.2) is 158 Å². The van der Waals surface area contributed by atoms with Crippen LogP contribution in [-0.4, -0.2) is 9.13 Å². The molecule has 0 bridgehead atoms. The molecule has 2 aromatic heterocycles. The molecule has 0 aliphatic heterocycles. The molecule has 0 saturated carbocycles. The quantitative estimate of drug-likeness (QED) is 0.157. The van der Waals surface area contributed by atoms with Crippen molar-refractivity contribution in [3.8, 4) is 73.1 Å². The molecule has 3 nitrogen and oxygen atoms in total. The standard InChI is InChI=1S/C74H62F3N3/c1-40-24-44(5)69(45(6)25-40)54-16-20-59-60-21-17-55(70-46(7)26-41(2)27-47(70)8)34-64(60)79(63(59)33-54)67-37-58(74(75,76)77)38-68(73(67)53-15-13-14-52(32-53)39-78)80-65-35-56(71-48(9)28-42(3)29-49(71)10)18-22-61(65)62-23-19-57(36-66(62)80)72-50(11)30-43(4)31-51(72)12/h13-38H,1-12H3. The number of aryl methyl sites for hydroxylation is 12. The Morgan fingerprint density at radius 3 is 0.863 bits per heavy atom. The third-order valence-electron chi connectivity index (χ3n) is 16.6. The lowest BCUT2D eigenvalue weighted by Crippen LogP contribution is -2.11. The van der Waals surface area contributed by atoms with Crippen LogP contribution in [0.3, 0.4) is 0 Å². The minimum atomic E-state index is -4.78. The van der Waals surface area contributed by atoms with Gasteiger partial charge in [0.1, 0.15) is 0 Å². The molecule has 0 amide bonds. The number of fused-ring (bicyclic) bond motifs is 6. The molecule has 2 heterocycles. The highest BCUT2D eigenvalue weighted by Crippen LogP contribution is 2.48. The number of hydrogen-bond acceptors (Lipinski definition) is 1. The Morgan fingerprint density at radius 1 is 0.325 bits per heavy atom. The first kappa shape index (κ1) is 51.8. The Labute approximate surface area is 466 Å². The van der Waals surface area contributed by atoms with Crippen LogP contribution in [0.25, 0.3) is 111 Å². The summed E-state index contributed by atoms with van der Waals surface area (Å²) in [6, 6.07) is 55.6. The molecule has 394 valence electrons. The van der Waals surface area contributed by atoms with Gasteiger partial charge in [-0.05, 0) is 226 Å². The molecule has 0 fully saturated rings. The van der Waals surface area contributed by atoms with E-state index in [1.165, 1.54) is 12.1 Å². The van der Waals surface area contributed by atoms with Gasteiger partial charge in [0.15, 0.2) is 0 Å². The lowest BCUT2D eigenvalue weighted by molar-refractivity contribution is -0.137. The van der Waals surface area contributed by atoms with Crippen LogP contribution < -0.4 is 0 Å². The summed E-state index contributed by atoms with van der Waals surface area (Å²) in [5.74, 6) is 0. The van der Waals surface area contributed by atoms with Crippen LogP contribution in [0.1, 0.15) is 77.9 Å². The van der Waals surface area contributed by atoms with E-state index in [4.69, 9.17) is 0 Å². The van der Waals surface area contributed by atoms with Gasteiger partial charge in [0.2, 0.25) is 0 Å². The molecular formula is C74H62F3N3. The highest BCUT2D eigenvalue weighted by Gasteiger charge is 2.35. The predicted molar refractivity (Wildman–Crippen MR) is 329 cm³/mol. The van der Waals surface area contributed by atoms with E-state index in [2.05, 4.69) is 220 Å². The van der Waals surface area contributed by atoms with Crippen molar-refractivity contribution in [3.63, 3.8) is 0 Å². The Balaban J connectivity index is 1.30. The maximum Gasteiger partial charge on any atom is 0.416 e. The van der Waals surface area contributed by atoms with Crippen LogP contribution >= 0.6 is 0 Å². The van der Waals surface area contributed by atoms with E-state index in [-0.39, 0.29) is 0 Å². The van der Waals surface area contributed by atoms with Crippen LogP contribution in [0.2, 0.25) is 0 Å². The van der Waals surface area contributed by atoms with Crippen molar-refractivity contribution in [1.29, 1.82) is 5.26 Å². The highest BCUT2D eigenvalue weighted by molar-refractivity contribution is 6.14. The number of halogens is 3. The topological polar surface area (TPSA) is 33.6 Å². The fourth-order valence-electron chi connectivity index (χ4n) is 13.9. The van der Waals surface area contributed by atoms with Gasteiger partial charge < -0.3 is 9.13 Å². The first-order valence-corrected chi connectivity index (χ1v) is 27.4. The van der Waals surface area contributed by atoms with E-state index in [1.54, 1.807) is 6.07 Å². The second kappa shape index (κ2) is 19.2. The number of aromatic nitrogens is 2. The van der Waals surface area contributed by atoms with Gasteiger partial charge in [0.25, 0.3) is 0 Å². The predicted octanol–water partition coefficient (Wildman–Crippen LogP) is 20.8. The molecule has 0 spiro atoms. The van der Waals surface area contributed by atoms with E-state index >= 15 is 13.2 Å². The second-order valence-corrected chi connectivity index (χ2v) is 22.8. The van der Waals surface area contributed by atoms with Crippen molar-refractivity contribution in [1.82, 2.24) is 9.13 Å². The Hall–Kier alpha value is -8.92. The number of rotatable bonds is 7. The third kappa shape index (κ3) is 8.59. The SMILES string of the molecule is Cc1cc(C)c(-c2ccc3c4ccc(-c5c(C)cc(C)cc5C)cc4n(-c4cc(C(F)(F)F)cc(-n5c6cc(-c7c(C)cc(C)cc7C)ccc6c6ccc(-c7c(C)cc(C)cc7C)cc65)c4-c4cccc(C#N)c4)c3c2)c(C)c1. The normalized spacial score (nSPS) is 11.9. The third-order valence-corrected chi connectivity index (χ3v) is 16.6. The first-order chi connectivity index (χ1) is 38.2. The smallest absolute Gasteiger partial charge is 0.308 e. The van der Waals surface area contributed by atoms with Gasteiger partial charge >= 0.3 is 6.18 Å². The number of nitrogens with zero attached hydrogens (tertiary/aromatic N) is 3. The molecule has 0 aliphatic rings. The molecule has 6 heteroatoms. The summed E-state index contributed by atoms with van der Waals surface area (Å²) >= 11 is 0. The molecule has 0 atom stereocenters. The summed E-state index contributed by atoms with van der Waals surface area (Å²) in [6.07, 6.45) is -4.78. The van der Waals surface area contributed by atoms with Crippen molar-refractivity contribution in [2.75, 3.05) is 0 Å². The Kier molecular flexibility index (Phi) is 12.4. The molecule has 12 rings (SSSR count).